The highest BCUT2D eigenvalue weighted by molar-refractivity contribution is 7.45. The number of carbonyl (C=O) groups excluding carboxylic acids is 1. The van der Waals surface area contributed by atoms with Gasteiger partial charge in [0.1, 0.15) is 19.8 Å². The maximum absolute atomic E-state index is 12.5. The summed E-state index contributed by atoms with van der Waals surface area (Å²) in [5.41, 5.74) is 0. The fraction of sp³-hybridized carbons (Fsp3) is 0.761. The highest BCUT2D eigenvalue weighted by atomic mass is 31.2. The number of allylic oxidation sites excluding steroid dienone is 7. The number of ether oxygens (including phenoxy) is 3. The van der Waals surface area contributed by atoms with Gasteiger partial charge in [0.05, 0.1) is 46.2 Å². The van der Waals surface area contributed by atoms with Gasteiger partial charge in [-0.25, -0.2) is 0 Å². The first-order chi connectivity index (χ1) is 27.1. The maximum Gasteiger partial charge on any atom is 0.305 e. The van der Waals surface area contributed by atoms with Gasteiger partial charge in [0.2, 0.25) is 0 Å². The van der Waals surface area contributed by atoms with Crippen LogP contribution in [0.25, 0.3) is 0 Å². The van der Waals surface area contributed by atoms with E-state index in [9.17, 15) is 14.3 Å². The molecule has 3 unspecified atom stereocenters. The lowest BCUT2D eigenvalue weighted by molar-refractivity contribution is -0.870. The van der Waals surface area contributed by atoms with Crippen molar-refractivity contribution in [2.24, 2.45) is 0 Å². The predicted molar refractivity (Wildman–Crippen MR) is 230 cm³/mol. The van der Waals surface area contributed by atoms with Gasteiger partial charge in [0.25, 0.3) is 7.82 Å². The van der Waals surface area contributed by atoms with Crippen LogP contribution in [0.3, 0.4) is 0 Å². The average molecular weight is 808 g/mol. The molecule has 0 spiro atoms. The summed E-state index contributed by atoms with van der Waals surface area (Å²) in [4.78, 5) is 24.8. The van der Waals surface area contributed by atoms with Crippen molar-refractivity contribution in [2.75, 3.05) is 47.5 Å². The van der Waals surface area contributed by atoms with Gasteiger partial charge < -0.3 is 32.6 Å². The first-order valence-electron chi connectivity index (χ1n) is 22.2. The summed E-state index contributed by atoms with van der Waals surface area (Å²) in [6, 6.07) is 0. The number of quaternary nitrogens is 1. The van der Waals surface area contributed by atoms with E-state index in [-0.39, 0.29) is 32.2 Å². The second-order valence-corrected chi connectivity index (χ2v) is 17.6. The Morgan fingerprint density at radius 2 is 1.16 bits per heavy atom. The number of hydrogen-bond acceptors (Lipinski definition) is 8. The molecule has 0 aromatic rings. The van der Waals surface area contributed by atoms with Crippen LogP contribution in [-0.2, 0) is 32.6 Å². The smallest absolute Gasteiger partial charge is 0.305 e. The van der Waals surface area contributed by atoms with E-state index in [0.717, 1.165) is 51.4 Å². The Balaban J connectivity index is 2.30. The van der Waals surface area contributed by atoms with Crippen LogP contribution in [0.4, 0.5) is 0 Å². The molecular weight excluding hydrogens is 725 g/mol. The van der Waals surface area contributed by atoms with Gasteiger partial charge in [-0.2, -0.15) is 0 Å². The van der Waals surface area contributed by atoms with Gasteiger partial charge in [0.15, 0.2) is 6.10 Å². The fourth-order valence-electron chi connectivity index (χ4n) is 5.85. The number of unbranched alkanes of at least 4 members (excludes halogenated alkanes) is 15. The molecule has 1 rings (SSSR count). The van der Waals surface area contributed by atoms with Crippen molar-refractivity contribution >= 4 is 13.8 Å². The minimum Gasteiger partial charge on any atom is -0.756 e. The molecule has 0 bridgehead atoms. The monoisotopic (exact) mass is 808 g/mol. The van der Waals surface area contributed by atoms with E-state index < -0.39 is 13.9 Å². The van der Waals surface area contributed by atoms with Crippen molar-refractivity contribution in [3.05, 3.63) is 60.9 Å². The number of phosphoric ester groups is 1. The van der Waals surface area contributed by atoms with Gasteiger partial charge in [-0.1, -0.05) is 120 Å². The largest absolute Gasteiger partial charge is 0.756 e. The van der Waals surface area contributed by atoms with Crippen molar-refractivity contribution in [1.82, 2.24) is 0 Å². The summed E-state index contributed by atoms with van der Waals surface area (Å²) in [6.45, 7) is 4.58. The molecule has 324 valence electrons. The van der Waals surface area contributed by atoms with Crippen LogP contribution in [0.1, 0.15) is 162 Å². The van der Waals surface area contributed by atoms with E-state index in [2.05, 4.69) is 62.5 Å². The average Bonchev–Trinajstić information content (AvgIpc) is 3.91. The summed E-state index contributed by atoms with van der Waals surface area (Å²) < 4.78 is 40.1. The van der Waals surface area contributed by atoms with Crippen molar-refractivity contribution in [3.63, 3.8) is 0 Å². The van der Waals surface area contributed by atoms with E-state index in [0.29, 0.717) is 29.7 Å². The zero-order valence-electron chi connectivity index (χ0n) is 36.3. The Bertz CT molecular complexity index is 1140. The number of likely N-dealkylation sites (N-methyl/N-ethyl adjacent to an activating group) is 1. The molecule has 0 N–H and O–H groups in total. The van der Waals surface area contributed by atoms with Crippen LogP contribution >= 0.6 is 7.82 Å². The Hall–Kier alpha value is -2.00. The lowest BCUT2D eigenvalue weighted by atomic mass is 10.1. The standard InChI is InChI=1S/C46H82NO8P/c1-6-8-10-12-14-15-16-17-18-19-20-21-22-26-30-34-39-51-43(42-54-56(49,50)53-40-38-47(3,4)5)41-52-46(48)37-33-29-25-23-24-28-32-36-45-44(55-45)35-31-27-13-11-9-7-2/h17-18,23,25,27-28,31-32,34,39,43-45H,6-16,19-22,24,26,29-30,33,35-38,40-42H2,1-5H3/b18-17-,25-23-,31-27-,32-28-,39-34+/t43-,44?,45?/m1/s1. The summed E-state index contributed by atoms with van der Waals surface area (Å²) in [5.74, 6) is -0.354. The minimum absolute atomic E-state index is 0.0120. The summed E-state index contributed by atoms with van der Waals surface area (Å²) in [6.07, 6.45) is 46.5. The molecule has 1 fully saturated rings. The number of epoxide rings is 1. The van der Waals surface area contributed by atoms with Crippen LogP contribution in [-0.4, -0.2) is 76.3 Å². The topological polar surface area (TPSA) is 107 Å². The quantitative estimate of drug-likeness (QED) is 0.0115. The number of esters is 1. The Morgan fingerprint density at radius 1 is 0.661 bits per heavy atom. The molecule has 1 aliphatic heterocycles. The molecule has 1 heterocycles. The highest BCUT2D eigenvalue weighted by Gasteiger charge is 2.36. The van der Waals surface area contributed by atoms with E-state index in [1.54, 1.807) is 6.26 Å². The molecule has 0 aromatic heterocycles. The van der Waals surface area contributed by atoms with Gasteiger partial charge in [0, 0.05) is 6.42 Å². The number of rotatable bonds is 39. The number of phosphoric acid groups is 1. The van der Waals surface area contributed by atoms with Crippen molar-refractivity contribution < 1.29 is 42.0 Å². The molecule has 9 nitrogen and oxygen atoms in total. The van der Waals surface area contributed by atoms with Crippen LogP contribution < -0.4 is 4.89 Å². The fourth-order valence-corrected chi connectivity index (χ4v) is 6.58. The van der Waals surface area contributed by atoms with Gasteiger partial charge in [-0.15, -0.1) is 0 Å². The molecule has 1 aliphatic rings. The maximum atomic E-state index is 12.5. The normalized spacial score (nSPS) is 17.9. The Morgan fingerprint density at radius 3 is 1.80 bits per heavy atom. The first-order valence-corrected chi connectivity index (χ1v) is 23.6. The lowest BCUT2D eigenvalue weighted by Gasteiger charge is -2.28. The Labute approximate surface area is 343 Å². The third-order valence-corrected chi connectivity index (χ3v) is 10.5. The first kappa shape index (κ1) is 52.0. The number of hydrogen-bond donors (Lipinski definition) is 0. The van der Waals surface area contributed by atoms with Crippen LogP contribution in [0.15, 0.2) is 60.9 Å². The zero-order chi connectivity index (χ0) is 41.0. The summed E-state index contributed by atoms with van der Waals surface area (Å²) in [5, 5.41) is 0. The van der Waals surface area contributed by atoms with E-state index in [1.807, 2.05) is 27.2 Å². The van der Waals surface area contributed by atoms with Crippen molar-refractivity contribution in [1.29, 1.82) is 0 Å². The molecular formula is C46H82NO8P. The second kappa shape index (κ2) is 35.0. The molecule has 1 saturated heterocycles. The van der Waals surface area contributed by atoms with Gasteiger partial charge in [-0.05, 0) is 89.5 Å². The number of carbonyl (C=O) groups is 1. The van der Waals surface area contributed by atoms with Crippen LogP contribution in [0.2, 0.25) is 0 Å². The zero-order valence-corrected chi connectivity index (χ0v) is 37.2. The molecule has 0 aliphatic carbocycles. The highest BCUT2D eigenvalue weighted by Crippen LogP contribution is 2.38. The third-order valence-electron chi connectivity index (χ3n) is 9.53. The summed E-state index contributed by atoms with van der Waals surface area (Å²) >= 11 is 0. The number of nitrogens with zero attached hydrogens (tertiary/aromatic N) is 1. The van der Waals surface area contributed by atoms with E-state index in [4.69, 9.17) is 23.3 Å². The van der Waals surface area contributed by atoms with E-state index in [1.165, 1.54) is 83.5 Å². The van der Waals surface area contributed by atoms with Gasteiger partial charge in [-0.3, -0.25) is 9.36 Å². The lowest BCUT2D eigenvalue weighted by Crippen LogP contribution is -2.37. The van der Waals surface area contributed by atoms with Gasteiger partial charge >= 0.3 is 5.97 Å². The predicted octanol–water partition coefficient (Wildman–Crippen LogP) is 11.6. The second-order valence-electron chi connectivity index (χ2n) is 16.1. The Kier molecular flexibility index (Phi) is 32.5. The summed E-state index contributed by atoms with van der Waals surface area (Å²) in [7, 11) is 1.31. The molecule has 0 saturated carbocycles. The SMILES string of the molecule is CCCCC/C=C\CC1OC1C/C=C\C/C=C\CCCC(=O)OC[C@H](COP(=O)([O-])OCC[N+](C)(C)C)O/C=C/CCCCCC/C=C\CCCCCCCC. The van der Waals surface area contributed by atoms with E-state index >= 15 is 0 Å². The van der Waals surface area contributed by atoms with Crippen LogP contribution in [0, 0.1) is 0 Å². The van der Waals surface area contributed by atoms with Crippen molar-refractivity contribution in [3.8, 4) is 0 Å². The van der Waals surface area contributed by atoms with Crippen LogP contribution in [0.5, 0.6) is 0 Å². The van der Waals surface area contributed by atoms with Crippen molar-refractivity contribution in [2.45, 2.75) is 180 Å². The molecule has 10 heteroatoms. The molecule has 4 atom stereocenters. The minimum atomic E-state index is -4.54. The third kappa shape index (κ3) is 35.2. The molecule has 0 amide bonds. The molecule has 0 radical (unpaired) electrons. The molecule has 56 heavy (non-hydrogen) atoms. The molecule has 0 aromatic carbocycles.